The Labute approximate surface area is 97.2 Å². The topological polar surface area (TPSA) is 46.3 Å². The number of carbonyl (C=O) groups is 1. The third kappa shape index (κ3) is 2.75. The molecule has 16 heavy (non-hydrogen) atoms. The van der Waals surface area contributed by atoms with Crippen molar-refractivity contribution in [2.24, 2.45) is 5.92 Å². The average Bonchev–Trinajstić information content (AvgIpc) is 2.29. The van der Waals surface area contributed by atoms with Gasteiger partial charge in [-0.3, -0.25) is 4.79 Å². The van der Waals surface area contributed by atoms with Gasteiger partial charge in [-0.2, -0.15) is 0 Å². The van der Waals surface area contributed by atoms with Crippen LogP contribution in [0, 0.1) is 5.92 Å². The first-order chi connectivity index (χ1) is 7.60. The van der Waals surface area contributed by atoms with Crippen LogP contribution in [0.15, 0.2) is 24.3 Å². The number of hydrogen-bond acceptors (Lipinski definition) is 2. The first kappa shape index (κ1) is 12.6. The summed E-state index contributed by atoms with van der Waals surface area (Å²) in [4.78, 5) is 13.9. The number of nitrogen functional groups attached to an aromatic ring is 1. The molecule has 0 spiro atoms. The Morgan fingerprint density at radius 1 is 1.44 bits per heavy atom. The van der Waals surface area contributed by atoms with Gasteiger partial charge in [0, 0.05) is 23.8 Å². The highest BCUT2D eigenvalue weighted by molar-refractivity contribution is 5.95. The van der Waals surface area contributed by atoms with E-state index in [-0.39, 0.29) is 11.8 Å². The van der Waals surface area contributed by atoms with Gasteiger partial charge in [-0.25, -0.2) is 0 Å². The minimum absolute atomic E-state index is 0.0568. The molecule has 88 valence electrons. The van der Waals surface area contributed by atoms with Crippen LogP contribution < -0.4 is 10.6 Å². The molecule has 0 aliphatic rings. The monoisotopic (exact) mass is 220 g/mol. The lowest BCUT2D eigenvalue weighted by atomic mass is 10.1. The van der Waals surface area contributed by atoms with Crippen molar-refractivity contribution in [1.29, 1.82) is 0 Å². The van der Waals surface area contributed by atoms with E-state index < -0.39 is 0 Å². The molecule has 0 heterocycles. The van der Waals surface area contributed by atoms with E-state index in [4.69, 9.17) is 5.73 Å². The average molecular weight is 220 g/mol. The maximum absolute atomic E-state index is 12.1. The highest BCUT2D eigenvalue weighted by atomic mass is 16.2. The normalized spacial score (nSPS) is 12.2. The van der Waals surface area contributed by atoms with Crippen LogP contribution in [0.5, 0.6) is 0 Å². The van der Waals surface area contributed by atoms with Gasteiger partial charge in [0.15, 0.2) is 0 Å². The molecule has 1 rings (SSSR count). The molecule has 3 heteroatoms. The number of amides is 1. The first-order valence-electron chi connectivity index (χ1n) is 5.77. The lowest BCUT2D eigenvalue weighted by Crippen LogP contribution is -2.34. The van der Waals surface area contributed by atoms with Gasteiger partial charge in [0.2, 0.25) is 5.91 Å². The fourth-order valence-corrected chi connectivity index (χ4v) is 1.60. The fourth-order valence-electron chi connectivity index (χ4n) is 1.60. The molecule has 0 bridgehead atoms. The second-order valence-electron chi connectivity index (χ2n) is 3.99. The van der Waals surface area contributed by atoms with Crippen LogP contribution in [-0.2, 0) is 4.79 Å². The van der Waals surface area contributed by atoms with Crippen molar-refractivity contribution in [1.82, 2.24) is 0 Å². The van der Waals surface area contributed by atoms with E-state index in [0.29, 0.717) is 12.2 Å². The molecule has 3 nitrogen and oxygen atoms in total. The highest BCUT2D eigenvalue weighted by Gasteiger charge is 2.19. The van der Waals surface area contributed by atoms with Crippen molar-refractivity contribution in [2.45, 2.75) is 27.2 Å². The second kappa shape index (κ2) is 5.54. The predicted molar refractivity (Wildman–Crippen MR) is 68.3 cm³/mol. The number of rotatable bonds is 4. The SMILES string of the molecule is CCC(C)C(=O)N(CC)c1cccc(N)c1. The minimum atomic E-state index is 0.0568. The molecule has 1 aromatic carbocycles. The molecule has 1 amide bonds. The van der Waals surface area contributed by atoms with Crippen molar-refractivity contribution in [2.75, 3.05) is 17.2 Å². The second-order valence-corrected chi connectivity index (χ2v) is 3.99. The quantitative estimate of drug-likeness (QED) is 0.793. The van der Waals surface area contributed by atoms with Crippen molar-refractivity contribution in [3.8, 4) is 0 Å². The van der Waals surface area contributed by atoms with Crippen molar-refractivity contribution in [3.05, 3.63) is 24.3 Å². The Morgan fingerprint density at radius 2 is 2.12 bits per heavy atom. The summed E-state index contributed by atoms with van der Waals surface area (Å²) in [5.41, 5.74) is 7.29. The summed E-state index contributed by atoms with van der Waals surface area (Å²) in [6, 6.07) is 7.45. The molecule has 1 aromatic rings. The van der Waals surface area contributed by atoms with E-state index in [1.165, 1.54) is 0 Å². The number of nitrogens with two attached hydrogens (primary N) is 1. The summed E-state index contributed by atoms with van der Waals surface area (Å²) in [6.45, 7) is 6.63. The molecule has 1 unspecified atom stereocenters. The smallest absolute Gasteiger partial charge is 0.229 e. The van der Waals surface area contributed by atoms with Crippen molar-refractivity contribution >= 4 is 17.3 Å². The van der Waals surface area contributed by atoms with Crippen LogP contribution in [-0.4, -0.2) is 12.5 Å². The van der Waals surface area contributed by atoms with Crippen molar-refractivity contribution < 1.29 is 4.79 Å². The molecule has 1 atom stereocenters. The molecule has 0 aliphatic heterocycles. The molecule has 0 saturated carbocycles. The van der Waals surface area contributed by atoms with E-state index in [2.05, 4.69) is 0 Å². The lowest BCUT2D eigenvalue weighted by Gasteiger charge is -2.24. The Morgan fingerprint density at radius 3 is 2.62 bits per heavy atom. The van der Waals surface area contributed by atoms with Gasteiger partial charge in [0.25, 0.3) is 0 Å². The van der Waals surface area contributed by atoms with Crippen LogP contribution in [0.4, 0.5) is 11.4 Å². The van der Waals surface area contributed by atoms with Gasteiger partial charge in [-0.15, -0.1) is 0 Å². The van der Waals surface area contributed by atoms with Gasteiger partial charge < -0.3 is 10.6 Å². The van der Waals surface area contributed by atoms with Gasteiger partial charge in [-0.1, -0.05) is 19.9 Å². The summed E-state index contributed by atoms with van der Waals surface area (Å²) in [7, 11) is 0. The summed E-state index contributed by atoms with van der Waals surface area (Å²) < 4.78 is 0. The van der Waals surface area contributed by atoms with Crippen molar-refractivity contribution in [3.63, 3.8) is 0 Å². The van der Waals surface area contributed by atoms with E-state index in [1.807, 2.05) is 45.0 Å². The number of nitrogens with zero attached hydrogens (tertiary/aromatic N) is 1. The van der Waals surface area contributed by atoms with Crippen LogP contribution in [0.25, 0.3) is 0 Å². The van der Waals surface area contributed by atoms with E-state index >= 15 is 0 Å². The third-order valence-electron chi connectivity index (χ3n) is 2.80. The maximum atomic E-state index is 12.1. The Balaban J connectivity index is 2.94. The molecule has 0 radical (unpaired) electrons. The van der Waals surface area contributed by atoms with Crippen LogP contribution in [0.2, 0.25) is 0 Å². The summed E-state index contributed by atoms with van der Waals surface area (Å²) in [5, 5.41) is 0. The standard InChI is InChI=1S/C13H20N2O/c1-4-10(3)13(16)15(5-2)12-8-6-7-11(14)9-12/h6-10H,4-5,14H2,1-3H3. The number of carbonyl (C=O) groups excluding carboxylic acids is 1. The van der Waals surface area contributed by atoms with Gasteiger partial charge >= 0.3 is 0 Å². The maximum Gasteiger partial charge on any atom is 0.229 e. The van der Waals surface area contributed by atoms with Gasteiger partial charge in [0.05, 0.1) is 0 Å². The van der Waals surface area contributed by atoms with Gasteiger partial charge in [0.1, 0.15) is 0 Å². The van der Waals surface area contributed by atoms with E-state index in [0.717, 1.165) is 12.1 Å². The minimum Gasteiger partial charge on any atom is -0.399 e. The predicted octanol–water partition coefficient (Wildman–Crippen LogP) is 2.67. The number of benzene rings is 1. The number of hydrogen-bond donors (Lipinski definition) is 1. The first-order valence-corrected chi connectivity index (χ1v) is 5.77. The molecule has 0 fully saturated rings. The van der Waals surface area contributed by atoms with Crippen LogP contribution in [0.3, 0.4) is 0 Å². The summed E-state index contributed by atoms with van der Waals surface area (Å²) in [5.74, 6) is 0.219. The largest absolute Gasteiger partial charge is 0.399 e. The third-order valence-corrected chi connectivity index (χ3v) is 2.80. The Kier molecular flexibility index (Phi) is 4.35. The molecular formula is C13H20N2O. The summed E-state index contributed by atoms with van der Waals surface area (Å²) >= 11 is 0. The number of anilines is 2. The lowest BCUT2D eigenvalue weighted by molar-refractivity contribution is -0.121. The Bertz CT molecular complexity index is 363. The zero-order chi connectivity index (χ0) is 12.1. The molecule has 2 N–H and O–H groups in total. The zero-order valence-electron chi connectivity index (χ0n) is 10.2. The Hall–Kier alpha value is -1.51. The highest BCUT2D eigenvalue weighted by Crippen LogP contribution is 2.20. The zero-order valence-corrected chi connectivity index (χ0v) is 10.2. The molecule has 0 saturated heterocycles. The molecular weight excluding hydrogens is 200 g/mol. The molecule has 0 aromatic heterocycles. The van der Waals surface area contributed by atoms with E-state index in [1.54, 1.807) is 4.90 Å². The van der Waals surface area contributed by atoms with Crippen LogP contribution in [0.1, 0.15) is 27.2 Å². The summed E-state index contributed by atoms with van der Waals surface area (Å²) in [6.07, 6.45) is 0.859. The molecule has 0 aliphatic carbocycles. The van der Waals surface area contributed by atoms with E-state index in [9.17, 15) is 4.79 Å². The fraction of sp³-hybridized carbons (Fsp3) is 0.462. The van der Waals surface area contributed by atoms with Gasteiger partial charge in [-0.05, 0) is 31.5 Å². The van der Waals surface area contributed by atoms with Crippen LogP contribution >= 0.6 is 0 Å².